The van der Waals surface area contributed by atoms with Crippen LogP contribution in [0.1, 0.15) is 374 Å². The number of carbonyl (C=O) groups excluding carboxylic acids is 3. The minimum Gasteiger partial charge on any atom is -0.462 e. The minimum atomic E-state index is -0.773. The molecule has 1 unspecified atom stereocenters. The van der Waals surface area contributed by atoms with Crippen LogP contribution in [0.2, 0.25) is 0 Å². The summed E-state index contributed by atoms with van der Waals surface area (Å²) >= 11 is 0. The molecular weight excluding hydrogens is 961 g/mol. The molecule has 6 nitrogen and oxygen atoms in total. The standard InChI is InChI=1S/C72H132O6/c1-4-7-10-13-16-19-22-24-26-28-30-32-33-34-35-36-37-38-39-41-42-44-46-48-50-53-56-59-62-65-71(74)77-68-69(67-76-70(73)64-61-58-55-52-21-18-15-12-9-6-3)78-72(75)66-63-60-57-54-51-49-47-45-43-40-31-29-27-25-23-20-17-14-11-8-5-2/h22-25,28-31,69H,4-21,26-27,32-68H2,1-3H3/b24-22-,25-23-,30-28-,31-29-. The van der Waals surface area contributed by atoms with Crippen molar-refractivity contribution in [3.8, 4) is 0 Å². The van der Waals surface area contributed by atoms with Crippen LogP contribution < -0.4 is 0 Å². The Morgan fingerprint density at radius 3 is 0.705 bits per heavy atom. The molecule has 0 aromatic carbocycles. The summed E-state index contributed by atoms with van der Waals surface area (Å²) in [6.07, 6.45) is 84.3. The van der Waals surface area contributed by atoms with Crippen LogP contribution in [-0.2, 0) is 28.6 Å². The summed E-state index contributed by atoms with van der Waals surface area (Å²) in [5.41, 5.74) is 0. The predicted molar refractivity (Wildman–Crippen MR) is 339 cm³/mol. The first-order valence-corrected chi connectivity index (χ1v) is 34.6. The zero-order chi connectivity index (χ0) is 56.4. The largest absolute Gasteiger partial charge is 0.462 e. The van der Waals surface area contributed by atoms with Gasteiger partial charge in [0, 0.05) is 19.3 Å². The van der Waals surface area contributed by atoms with Crippen LogP contribution in [0.15, 0.2) is 48.6 Å². The number of unbranched alkanes of at least 4 members (excludes halogenated alkanes) is 45. The quantitative estimate of drug-likeness (QED) is 0.0261. The Morgan fingerprint density at radius 1 is 0.256 bits per heavy atom. The third kappa shape index (κ3) is 64.2. The average Bonchev–Trinajstić information content (AvgIpc) is 3.44. The van der Waals surface area contributed by atoms with E-state index in [1.165, 1.54) is 263 Å². The van der Waals surface area contributed by atoms with E-state index in [1.807, 2.05) is 0 Å². The molecule has 0 heterocycles. The summed E-state index contributed by atoms with van der Waals surface area (Å²) in [7, 11) is 0. The maximum atomic E-state index is 12.9. The van der Waals surface area contributed by atoms with E-state index in [2.05, 4.69) is 69.4 Å². The van der Waals surface area contributed by atoms with Crippen molar-refractivity contribution in [2.24, 2.45) is 0 Å². The first-order chi connectivity index (χ1) is 38.5. The van der Waals surface area contributed by atoms with Gasteiger partial charge in [-0.3, -0.25) is 14.4 Å². The summed E-state index contributed by atoms with van der Waals surface area (Å²) in [6.45, 7) is 6.66. The molecule has 0 aromatic rings. The van der Waals surface area contributed by atoms with Gasteiger partial charge in [-0.15, -0.1) is 0 Å². The van der Waals surface area contributed by atoms with Gasteiger partial charge in [-0.1, -0.05) is 320 Å². The average molecular weight is 1090 g/mol. The Hall–Kier alpha value is -2.63. The van der Waals surface area contributed by atoms with Crippen LogP contribution in [0.25, 0.3) is 0 Å². The van der Waals surface area contributed by atoms with Crippen LogP contribution in [0.3, 0.4) is 0 Å². The van der Waals surface area contributed by atoms with E-state index < -0.39 is 6.10 Å². The number of rotatable bonds is 64. The van der Waals surface area contributed by atoms with Gasteiger partial charge in [-0.25, -0.2) is 0 Å². The lowest BCUT2D eigenvalue weighted by atomic mass is 10.0. The first kappa shape index (κ1) is 75.4. The van der Waals surface area contributed by atoms with E-state index in [0.29, 0.717) is 19.3 Å². The molecule has 0 fully saturated rings. The van der Waals surface area contributed by atoms with Crippen molar-refractivity contribution in [1.29, 1.82) is 0 Å². The summed E-state index contributed by atoms with van der Waals surface area (Å²) < 4.78 is 16.9. The molecule has 0 N–H and O–H groups in total. The van der Waals surface area contributed by atoms with Gasteiger partial charge in [-0.2, -0.15) is 0 Å². The lowest BCUT2D eigenvalue weighted by molar-refractivity contribution is -0.167. The highest BCUT2D eigenvalue weighted by molar-refractivity contribution is 5.71. The molecule has 0 aliphatic carbocycles. The second-order valence-electron chi connectivity index (χ2n) is 23.4. The lowest BCUT2D eigenvalue weighted by Gasteiger charge is -2.18. The molecule has 0 aromatic heterocycles. The van der Waals surface area contributed by atoms with Gasteiger partial charge in [0.1, 0.15) is 13.2 Å². The van der Waals surface area contributed by atoms with Crippen LogP contribution in [0, 0.1) is 0 Å². The Bertz CT molecular complexity index is 1350. The van der Waals surface area contributed by atoms with E-state index in [4.69, 9.17) is 14.2 Å². The molecule has 0 spiro atoms. The fourth-order valence-electron chi connectivity index (χ4n) is 10.3. The number of carbonyl (C=O) groups is 3. The van der Waals surface area contributed by atoms with Crippen molar-refractivity contribution < 1.29 is 28.6 Å². The number of allylic oxidation sites excluding steroid dienone is 8. The van der Waals surface area contributed by atoms with Crippen molar-refractivity contribution in [2.75, 3.05) is 13.2 Å². The van der Waals surface area contributed by atoms with Crippen molar-refractivity contribution in [3.05, 3.63) is 48.6 Å². The van der Waals surface area contributed by atoms with Gasteiger partial charge in [0.15, 0.2) is 6.10 Å². The Kier molecular flexibility index (Phi) is 64.6. The zero-order valence-electron chi connectivity index (χ0n) is 52.5. The molecule has 0 rings (SSSR count). The van der Waals surface area contributed by atoms with Crippen LogP contribution in [-0.4, -0.2) is 37.2 Å². The molecular formula is C72H132O6. The highest BCUT2D eigenvalue weighted by Gasteiger charge is 2.19. The molecule has 456 valence electrons. The Labute approximate surface area is 486 Å². The Morgan fingerprint density at radius 2 is 0.462 bits per heavy atom. The molecule has 0 aliphatic rings. The molecule has 0 radical (unpaired) electrons. The normalized spacial score (nSPS) is 12.3. The van der Waals surface area contributed by atoms with Gasteiger partial charge in [0.05, 0.1) is 0 Å². The van der Waals surface area contributed by atoms with Crippen LogP contribution in [0.4, 0.5) is 0 Å². The smallest absolute Gasteiger partial charge is 0.306 e. The summed E-state index contributed by atoms with van der Waals surface area (Å²) in [6, 6.07) is 0. The van der Waals surface area contributed by atoms with E-state index in [0.717, 1.165) is 70.6 Å². The van der Waals surface area contributed by atoms with Crippen molar-refractivity contribution in [1.82, 2.24) is 0 Å². The number of hydrogen-bond acceptors (Lipinski definition) is 6. The van der Waals surface area contributed by atoms with Crippen LogP contribution >= 0.6 is 0 Å². The highest BCUT2D eigenvalue weighted by atomic mass is 16.6. The van der Waals surface area contributed by atoms with Crippen LogP contribution in [0.5, 0.6) is 0 Å². The summed E-state index contributed by atoms with van der Waals surface area (Å²) in [4.78, 5) is 38.3. The number of ether oxygens (including phenoxy) is 3. The van der Waals surface area contributed by atoms with Crippen molar-refractivity contribution >= 4 is 17.9 Å². The van der Waals surface area contributed by atoms with Crippen molar-refractivity contribution in [3.63, 3.8) is 0 Å². The maximum Gasteiger partial charge on any atom is 0.306 e. The lowest BCUT2D eigenvalue weighted by Crippen LogP contribution is -2.30. The van der Waals surface area contributed by atoms with Crippen molar-refractivity contribution in [2.45, 2.75) is 380 Å². The van der Waals surface area contributed by atoms with E-state index >= 15 is 0 Å². The van der Waals surface area contributed by atoms with E-state index in [9.17, 15) is 14.4 Å². The molecule has 0 aliphatic heterocycles. The molecule has 0 saturated carbocycles. The van der Waals surface area contributed by atoms with Gasteiger partial charge in [0.2, 0.25) is 0 Å². The van der Waals surface area contributed by atoms with Gasteiger partial charge in [-0.05, 0) is 83.5 Å². The van der Waals surface area contributed by atoms with E-state index in [-0.39, 0.29) is 31.1 Å². The number of esters is 3. The second-order valence-corrected chi connectivity index (χ2v) is 23.4. The fourth-order valence-corrected chi connectivity index (χ4v) is 10.3. The van der Waals surface area contributed by atoms with Gasteiger partial charge >= 0.3 is 17.9 Å². The topological polar surface area (TPSA) is 78.9 Å². The minimum absolute atomic E-state index is 0.0701. The zero-order valence-corrected chi connectivity index (χ0v) is 52.5. The maximum absolute atomic E-state index is 12.9. The molecule has 78 heavy (non-hydrogen) atoms. The first-order valence-electron chi connectivity index (χ1n) is 34.6. The molecule has 0 amide bonds. The summed E-state index contributed by atoms with van der Waals surface area (Å²) in [5.74, 6) is -0.852. The SMILES string of the molecule is CCCCCCC/C=C\C/C=C\CCCCCCCCCCCCCCCCCCCC(=O)OCC(COC(=O)CCCCCCCCCCCC)OC(=O)CCCCCCCCCCC/C=C\C/C=C\CCCCCCC. The molecule has 0 bridgehead atoms. The van der Waals surface area contributed by atoms with Gasteiger partial charge in [0.25, 0.3) is 0 Å². The monoisotopic (exact) mass is 1090 g/mol. The third-order valence-corrected chi connectivity index (χ3v) is 15.6. The Balaban J connectivity index is 4.14. The number of hydrogen-bond donors (Lipinski definition) is 0. The predicted octanol–water partition coefficient (Wildman–Crippen LogP) is 23.7. The van der Waals surface area contributed by atoms with E-state index in [1.54, 1.807) is 0 Å². The molecule has 1 atom stereocenters. The molecule has 0 saturated heterocycles. The highest BCUT2D eigenvalue weighted by Crippen LogP contribution is 2.18. The second kappa shape index (κ2) is 66.9. The fraction of sp³-hybridized carbons (Fsp3) is 0.847. The third-order valence-electron chi connectivity index (χ3n) is 15.6. The summed E-state index contributed by atoms with van der Waals surface area (Å²) in [5, 5.41) is 0. The van der Waals surface area contributed by atoms with Gasteiger partial charge < -0.3 is 14.2 Å². The molecule has 6 heteroatoms.